The Morgan fingerprint density at radius 2 is 1.79 bits per heavy atom. The summed E-state index contributed by atoms with van der Waals surface area (Å²) in [5, 5.41) is 0.699. The number of amidine groups is 1. The maximum absolute atomic E-state index is 14.3. The van der Waals surface area contributed by atoms with Crippen molar-refractivity contribution in [3.8, 4) is 16.3 Å². The summed E-state index contributed by atoms with van der Waals surface area (Å²) in [4.78, 5) is 14.3. The SMILES string of the molecule is C=C1N=C(c2ccc(OCCc3nc(-c4ccc(S(C)(C)(F)(F)F)cc4)sc3C)cc2C)NO1. The lowest BCUT2D eigenvalue weighted by Crippen LogP contribution is -2.18. The summed E-state index contributed by atoms with van der Waals surface area (Å²) < 4.78 is 48.7. The number of benzene rings is 2. The van der Waals surface area contributed by atoms with Gasteiger partial charge >= 0.3 is 0 Å². The van der Waals surface area contributed by atoms with Crippen molar-refractivity contribution in [2.45, 2.75) is 25.2 Å². The van der Waals surface area contributed by atoms with Crippen LogP contribution in [0.5, 0.6) is 5.75 Å². The zero-order valence-corrected chi connectivity index (χ0v) is 21.0. The van der Waals surface area contributed by atoms with Gasteiger partial charge in [0.25, 0.3) is 0 Å². The first-order chi connectivity index (χ1) is 15.7. The van der Waals surface area contributed by atoms with E-state index in [-0.39, 0.29) is 0 Å². The number of hydroxylamine groups is 1. The topological polar surface area (TPSA) is 55.7 Å². The normalized spacial score (nSPS) is 15.7. The number of aromatic nitrogens is 1. The van der Waals surface area contributed by atoms with Crippen LogP contribution in [0, 0.1) is 13.8 Å². The average Bonchev–Trinajstić information content (AvgIpc) is 3.32. The first kappa shape index (κ1) is 24.2. The molecule has 0 aliphatic carbocycles. The maximum Gasteiger partial charge on any atom is 0.240 e. The molecular weight excluding hydrogens is 483 g/mol. The van der Waals surface area contributed by atoms with Gasteiger partial charge < -0.3 is 9.57 Å². The van der Waals surface area contributed by atoms with E-state index in [0.29, 0.717) is 47.8 Å². The van der Waals surface area contributed by atoms with E-state index >= 15 is 0 Å². The van der Waals surface area contributed by atoms with E-state index in [2.05, 4.69) is 22.0 Å². The van der Waals surface area contributed by atoms with Gasteiger partial charge in [-0.3, -0.25) is 0 Å². The summed E-state index contributed by atoms with van der Waals surface area (Å²) in [6, 6.07) is 11.0. The third-order valence-electron chi connectivity index (χ3n) is 5.30. The van der Waals surface area contributed by atoms with Crippen LogP contribution >= 0.6 is 20.8 Å². The van der Waals surface area contributed by atoms with Gasteiger partial charge in [-0.15, -0.1) is 23.0 Å². The fourth-order valence-electron chi connectivity index (χ4n) is 3.46. The first-order valence-electron chi connectivity index (χ1n) is 10.5. The molecule has 1 aliphatic heterocycles. The molecule has 0 saturated heterocycles. The van der Waals surface area contributed by atoms with Gasteiger partial charge in [0.1, 0.15) is 10.8 Å². The lowest BCUT2D eigenvalue weighted by atomic mass is 10.1. The van der Waals surface area contributed by atoms with Crippen LogP contribution in [0.1, 0.15) is 21.7 Å². The van der Waals surface area contributed by atoms with Crippen molar-refractivity contribution in [1.29, 1.82) is 0 Å². The number of aryl methyl sites for hydroxylation is 2. The van der Waals surface area contributed by atoms with Crippen LogP contribution in [-0.4, -0.2) is 29.9 Å². The lowest BCUT2D eigenvalue weighted by molar-refractivity contribution is 0.179. The highest BCUT2D eigenvalue weighted by molar-refractivity contribution is 8.52. The minimum Gasteiger partial charge on any atom is -0.493 e. The molecule has 3 aromatic rings. The average molecular weight is 510 g/mol. The van der Waals surface area contributed by atoms with E-state index in [1.807, 2.05) is 32.0 Å². The Labute approximate surface area is 200 Å². The molecule has 4 rings (SSSR count). The van der Waals surface area contributed by atoms with E-state index in [0.717, 1.165) is 39.6 Å². The van der Waals surface area contributed by atoms with Crippen LogP contribution in [0.2, 0.25) is 0 Å². The van der Waals surface area contributed by atoms with Gasteiger partial charge in [-0.2, -0.15) is 4.99 Å². The highest BCUT2D eigenvalue weighted by Gasteiger charge is 2.53. The molecule has 2 aromatic carbocycles. The van der Waals surface area contributed by atoms with Crippen LogP contribution in [0.3, 0.4) is 0 Å². The molecule has 0 spiro atoms. The van der Waals surface area contributed by atoms with Crippen LogP contribution < -0.4 is 10.2 Å². The van der Waals surface area contributed by atoms with Gasteiger partial charge in [-0.1, -0.05) is 12.1 Å². The smallest absolute Gasteiger partial charge is 0.240 e. The number of hydrogen-bond donors (Lipinski definition) is 1. The summed E-state index contributed by atoms with van der Waals surface area (Å²) in [7, 11) is -6.70. The second kappa shape index (κ2) is 7.78. The number of rotatable bonds is 7. The molecule has 0 fully saturated rings. The molecule has 0 unspecified atom stereocenters. The zero-order valence-electron chi connectivity index (χ0n) is 19.3. The van der Waals surface area contributed by atoms with Crippen LogP contribution in [0.15, 0.2) is 64.8 Å². The molecule has 10 heteroatoms. The number of aliphatic imine (C=N–C) groups is 1. The van der Waals surface area contributed by atoms with Gasteiger partial charge in [0.2, 0.25) is 5.88 Å². The molecule has 34 heavy (non-hydrogen) atoms. The summed E-state index contributed by atoms with van der Waals surface area (Å²) >= 11 is 1.47. The van der Waals surface area contributed by atoms with Crippen molar-refractivity contribution in [2.75, 3.05) is 19.1 Å². The number of hydrogen-bond acceptors (Lipinski definition) is 6. The second-order valence-electron chi connectivity index (χ2n) is 8.83. The molecule has 0 amide bonds. The highest BCUT2D eigenvalue weighted by Crippen LogP contribution is 2.94. The van der Waals surface area contributed by atoms with Crippen molar-refractivity contribution < 1.29 is 21.2 Å². The minimum atomic E-state index is -6.70. The number of nitrogens with zero attached hydrogens (tertiary/aromatic N) is 2. The molecule has 1 N–H and O–H groups in total. The van der Waals surface area contributed by atoms with Crippen molar-refractivity contribution in [3.63, 3.8) is 0 Å². The number of thiazole rings is 1. The molecule has 5 nitrogen and oxygen atoms in total. The quantitative estimate of drug-likeness (QED) is 0.375. The molecule has 0 saturated carbocycles. The molecule has 1 aromatic heterocycles. The molecule has 1 aliphatic rings. The Hall–Kier alpha value is -2.98. The summed E-state index contributed by atoms with van der Waals surface area (Å²) in [6.45, 7) is 7.98. The predicted molar refractivity (Wildman–Crippen MR) is 134 cm³/mol. The number of nitrogens with one attached hydrogen (secondary N) is 1. The molecular formula is C24H26F3N3O2S2. The largest absolute Gasteiger partial charge is 0.493 e. The first-order valence-corrected chi connectivity index (χ1v) is 14.2. The van der Waals surface area contributed by atoms with Crippen molar-refractivity contribution in [1.82, 2.24) is 10.5 Å². The maximum atomic E-state index is 14.3. The minimum absolute atomic E-state index is 0.314. The summed E-state index contributed by atoms with van der Waals surface area (Å²) in [5.41, 5.74) is 6.15. The second-order valence-corrected chi connectivity index (χ2v) is 14.8. The number of halogens is 3. The van der Waals surface area contributed by atoms with Crippen LogP contribution in [-0.2, 0) is 11.3 Å². The Balaban J connectivity index is 1.41. The van der Waals surface area contributed by atoms with Gasteiger partial charge in [-0.25, -0.2) is 10.5 Å². The number of ether oxygens (including phenoxy) is 1. The molecule has 0 bridgehead atoms. The Morgan fingerprint density at radius 3 is 2.38 bits per heavy atom. The fourth-order valence-corrected chi connectivity index (χ4v) is 5.41. The third-order valence-corrected chi connectivity index (χ3v) is 8.11. The Bertz CT molecular complexity index is 1300. The standard InChI is InChI=1S/C24H26F3N3O2S2/c1-15-14-19(8-11-21(15)23-28-17(3)32-30-23)31-13-12-22-16(2)33-24(29-22)18-6-9-20(10-7-18)34(4,5,25,26)27/h6-11,14H,3,12-13H2,1-2,4-5H3,(H,28,30). The molecule has 182 valence electrons. The van der Waals surface area contributed by atoms with E-state index in [4.69, 9.17) is 9.57 Å². The lowest BCUT2D eigenvalue weighted by Gasteiger charge is -2.51. The van der Waals surface area contributed by atoms with E-state index in [1.165, 1.54) is 23.5 Å². The third kappa shape index (κ3) is 5.39. The molecule has 0 atom stereocenters. The predicted octanol–water partition coefficient (Wildman–Crippen LogP) is 6.95. The van der Waals surface area contributed by atoms with Crippen molar-refractivity contribution >= 4 is 26.6 Å². The summed E-state index contributed by atoms with van der Waals surface area (Å²) in [5.74, 6) is 1.64. The van der Waals surface area contributed by atoms with Crippen LogP contribution in [0.4, 0.5) is 11.7 Å². The Kier molecular flexibility index (Phi) is 5.52. The van der Waals surface area contributed by atoms with Crippen molar-refractivity contribution in [3.05, 3.63) is 76.6 Å². The fraction of sp³-hybridized carbons (Fsp3) is 0.250. The van der Waals surface area contributed by atoms with Gasteiger partial charge in [0.05, 0.1) is 21.8 Å². The van der Waals surface area contributed by atoms with Gasteiger partial charge in [0.15, 0.2) is 5.84 Å². The monoisotopic (exact) mass is 509 g/mol. The van der Waals surface area contributed by atoms with Gasteiger partial charge in [0, 0.05) is 39.8 Å². The summed E-state index contributed by atoms with van der Waals surface area (Å²) in [6.07, 6.45) is 1.37. The van der Waals surface area contributed by atoms with Crippen molar-refractivity contribution in [2.24, 2.45) is 4.99 Å². The zero-order chi connectivity index (χ0) is 24.8. The molecule has 2 heterocycles. The van der Waals surface area contributed by atoms with Crippen LogP contribution in [0.25, 0.3) is 10.6 Å². The van der Waals surface area contributed by atoms with E-state index in [9.17, 15) is 11.7 Å². The van der Waals surface area contributed by atoms with Gasteiger partial charge in [-0.05, 0) is 56.3 Å². The highest BCUT2D eigenvalue weighted by atomic mass is 32.4. The Morgan fingerprint density at radius 1 is 1.09 bits per heavy atom. The van der Waals surface area contributed by atoms with E-state index < -0.39 is 14.3 Å². The van der Waals surface area contributed by atoms with E-state index in [1.54, 1.807) is 0 Å². The molecule has 0 radical (unpaired) electrons.